The average molecular weight is 217 g/mol. The number of hydrogen-bond donors (Lipinski definition) is 1. The molecule has 0 saturated carbocycles. The van der Waals surface area contributed by atoms with Crippen LogP contribution < -0.4 is 0 Å². The van der Waals surface area contributed by atoms with Crippen molar-refractivity contribution in [2.24, 2.45) is 0 Å². The van der Waals surface area contributed by atoms with Gasteiger partial charge in [0.1, 0.15) is 11.8 Å². The van der Waals surface area contributed by atoms with E-state index in [9.17, 15) is 9.90 Å². The second kappa shape index (κ2) is 5.56. The summed E-state index contributed by atoms with van der Waals surface area (Å²) in [5.74, 6) is -1.17. The van der Waals surface area contributed by atoms with Gasteiger partial charge in [-0.3, -0.25) is 0 Å². The number of nitriles is 1. The number of hydrogen-bond acceptors (Lipinski definition) is 4. The lowest BCUT2D eigenvalue weighted by molar-refractivity contribution is -0.138. The van der Waals surface area contributed by atoms with Gasteiger partial charge in [-0.15, -0.1) is 0 Å². The number of esters is 1. The number of ether oxygens (including phenoxy) is 1. The van der Waals surface area contributed by atoms with Gasteiger partial charge in [0.15, 0.2) is 5.57 Å². The van der Waals surface area contributed by atoms with Gasteiger partial charge in [-0.2, -0.15) is 5.26 Å². The lowest BCUT2D eigenvalue weighted by Crippen LogP contribution is -2.08. The van der Waals surface area contributed by atoms with Crippen molar-refractivity contribution in [3.63, 3.8) is 0 Å². The van der Waals surface area contributed by atoms with Crippen LogP contribution >= 0.6 is 0 Å². The molecule has 0 bridgehead atoms. The summed E-state index contributed by atoms with van der Waals surface area (Å²) in [6.45, 7) is 1.79. The number of carbonyl (C=O) groups excluding carboxylic acids is 1. The molecule has 0 amide bonds. The van der Waals surface area contributed by atoms with Gasteiger partial charge in [0, 0.05) is 5.56 Å². The van der Waals surface area contributed by atoms with Gasteiger partial charge in [-0.25, -0.2) is 4.79 Å². The standard InChI is InChI=1S/C12H11NO3/c1-2-16-12(15)10(8-13)11(14)9-6-4-3-5-7-9/h3-7,14H,2H2,1H3. The van der Waals surface area contributed by atoms with E-state index in [4.69, 9.17) is 5.26 Å². The highest BCUT2D eigenvalue weighted by Crippen LogP contribution is 2.16. The Morgan fingerprint density at radius 3 is 2.56 bits per heavy atom. The molecule has 0 radical (unpaired) electrons. The molecule has 82 valence electrons. The predicted octanol–water partition coefficient (Wildman–Crippen LogP) is 2.04. The minimum absolute atomic E-state index is 0.159. The summed E-state index contributed by atoms with van der Waals surface area (Å²) in [4.78, 5) is 11.3. The fourth-order valence-electron chi connectivity index (χ4n) is 1.14. The highest BCUT2D eigenvalue weighted by atomic mass is 16.5. The van der Waals surface area contributed by atoms with Crippen LogP contribution in [0.3, 0.4) is 0 Å². The predicted molar refractivity (Wildman–Crippen MR) is 58.2 cm³/mol. The van der Waals surface area contributed by atoms with Gasteiger partial charge in [0.2, 0.25) is 0 Å². The Bertz CT molecular complexity index is 443. The summed E-state index contributed by atoms with van der Waals surface area (Å²) < 4.78 is 4.66. The average Bonchev–Trinajstić information content (AvgIpc) is 2.31. The first-order valence-electron chi connectivity index (χ1n) is 4.76. The van der Waals surface area contributed by atoms with Crippen molar-refractivity contribution in [1.29, 1.82) is 5.26 Å². The maximum atomic E-state index is 11.3. The Balaban J connectivity index is 3.11. The van der Waals surface area contributed by atoms with Gasteiger partial charge >= 0.3 is 5.97 Å². The van der Waals surface area contributed by atoms with Crippen LogP contribution in [-0.4, -0.2) is 17.7 Å². The number of rotatable bonds is 3. The first kappa shape index (κ1) is 11.8. The molecule has 4 nitrogen and oxygen atoms in total. The van der Waals surface area contributed by atoms with Gasteiger partial charge in [-0.05, 0) is 6.92 Å². The summed E-state index contributed by atoms with van der Waals surface area (Å²) in [6.07, 6.45) is 0. The monoisotopic (exact) mass is 217 g/mol. The van der Waals surface area contributed by atoms with E-state index >= 15 is 0 Å². The van der Waals surface area contributed by atoms with E-state index < -0.39 is 5.97 Å². The molecule has 0 aromatic heterocycles. The van der Waals surface area contributed by atoms with Crippen LogP contribution in [0.5, 0.6) is 0 Å². The van der Waals surface area contributed by atoms with Gasteiger partial charge in [0.05, 0.1) is 6.61 Å². The second-order valence-corrected chi connectivity index (χ2v) is 2.92. The molecule has 0 aliphatic rings. The van der Waals surface area contributed by atoms with Crippen LogP contribution in [-0.2, 0) is 9.53 Å². The SMILES string of the molecule is CCOC(=O)C(C#N)=C(O)c1ccccc1. The lowest BCUT2D eigenvalue weighted by Gasteiger charge is -2.03. The molecular weight excluding hydrogens is 206 g/mol. The van der Waals surface area contributed by atoms with Crippen LogP contribution in [0.25, 0.3) is 5.76 Å². The Morgan fingerprint density at radius 2 is 2.06 bits per heavy atom. The highest BCUT2D eigenvalue weighted by molar-refractivity contribution is 5.99. The molecule has 0 saturated heterocycles. The van der Waals surface area contributed by atoms with E-state index in [-0.39, 0.29) is 17.9 Å². The Labute approximate surface area is 93.4 Å². The van der Waals surface area contributed by atoms with Crippen molar-refractivity contribution in [2.45, 2.75) is 6.92 Å². The normalized spacial score (nSPS) is 11.2. The fraction of sp³-hybridized carbons (Fsp3) is 0.167. The molecule has 0 aliphatic heterocycles. The Hall–Kier alpha value is -2.28. The van der Waals surface area contributed by atoms with Crippen molar-refractivity contribution in [3.8, 4) is 6.07 Å². The molecule has 0 fully saturated rings. The molecule has 1 rings (SSSR count). The minimum atomic E-state index is -0.814. The molecule has 0 spiro atoms. The summed E-state index contributed by atoms with van der Waals surface area (Å²) >= 11 is 0. The first-order chi connectivity index (χ1) is 7.70. The van der Waals surface area contributed by atoms with Crippen molar-refractivity contribution in [1.82, 2.24) is 0 Å². The number of aliphatic hydroxyl groups excluding tert-OH is 1. The van der Waals surface area contributed by atoms with Crippen LogP contribution in [0.1, 0.15) is 12.5 Å². The molecule has 1 aromatic carbocycles. The Morgan fingerprint density at radius 1 is 1.44 bits per heavy atom. The largest absolute Gasteiger partial charge is 0.506 e. The van der Waals surface area contributed by atoms with Crippen molar-refractivity contribution >= 4 is 11.7 Å². The molecule has 4 heteroatoms. The topological polar surface area (TPSA) is 70.3 Å². The lowest BCUT2D eigenvalue weighted by atomic mass is 10.1. The fourth-order valence-corrected chi connectivity index (χ4v) is 1.14. The summed E-state index contributed by atoms with van der Waals surface area (Å²) in [5.41, 5.74) is 0.0279. The van der Waals surface area contributed by atoms with Gasteiger partial charge in [0.25, 0.3) is 0 Å². The quantitative estimate of drug-likeness (QED) is 0.364. The summed E-state index contributed by atoms with van der Waals surface area (Å²) in [7, 11) is 0. The van der Waals surface area contributed by atoms with Gasteiger partial charge < -0.3 is 9.84 Å². The third kappa shape index (κ3) is 2.61. The number of carbonyl (C=O) groups is 1. The van der Waals surface area contributed by atoms with E-state index in [1.54, 1.807) is 43.3 Å². The maximum absolute atomic E-state index is 11.3. The zero-order valence-electron chi connectivity index (χ0n) is 8.80. The molecule has 16 heavy (non-hydrogen) atoms. The highest BCUT2D eigenvalue weighted by Gasteiger charge is 2.17. The van der Waals surface area contributed by atoms with Crippen LogP contribution in [0, 0.1) is 11.3 Å². The minimum Gasteiger partial charge on any atom is -0.506 e. The molecule has 0 unspecified atom stereocenters. The van der Waals surface area contributed by atoms with Crippen LogP contribution in [0.15, 0.2) is 35.9 Å². The van der Waals surface area contributed by atoms with E-state index in [1.807, 2.05) is 0 Å². The number of nitrogens with zero attached hydrogens (tertiary/aromatic N) is 1. The van der Waals surface area contributed by atoms with Crippen molar-refractivity contribution < 1.29 is 14.6 Å². The zero-order valence-corrected chi connectivity index (χ0v) is 8.80. The summed E-state index contributed by atoms with van der Waals surface area (Å²) in [6, 6.07) is 10.0. The third-order valence-corrected chi connectivity index (χ3v) is 1.88. The van der Waals surface area contributed by atoms with Crippen molar-refractivity contribution in [2.75, 3.05) is 6.61 Å². The second-order valence-electron chi connectivity index (χ2n) is 2.92. The zero-order chi connectivity index (χ0) is 12.0. The van der Waals surface area contributed by atoms with E-state index in [0.29, 0.717) is 5.56 Å². The molecule has 0 heterocycles. The molecule has 1 N–H and O–H groups in total. The summed E-state index contributed by atoms with van der Waals surface area (Å²) in [5, 5.41) is 18.5. The van der Waals surface area contributed by atoms with Crippen LogP contribution in [0.2, 0.25) is 0 Å². The maximum Gasteiger partial charge on any atom is 0.352 e. The molecule has 0 aliphatic carbocycles. The molecule has 0 atom stereocenters. The van der Waals surface area contributed by atoms with E-state index in [1.165, 1.54) is 0 Å². The third-order valence-electron chi connectivity index (χ3n) is 1.88. The van der Waals surface area contributed by atoms with E-state index in [0.717, 1.165) is 0 Å². The molecule has 1 aromatic rings. The number of benzene rings is 1. The first-order valence-corrected chi connectivity index (χ1v) is 4.76. The molecular formula is C12H11NO3. The Kier molecular flexibility index (Phi) is 4.10. The van der Waals surface area contributed by atoms with E-state index in [2.05, 4.69) is 4.74 Å². The van der Waals surface area contributed by atoms with Crippen LogP contribution in [0.4, 0.5) is 0 Å². The van der Waals surface area contributed by atoms with Crippen molar-refractivity contribution in [3.05, 3.63) is 41.5 Å². The number of aliphatic hydroxyl groups is 1. The smallest absolute Gasteiger partial charge is 0.352 e. The van der Waals surface area contributed by atoms with Gasteiger partial charge in [-0.1, -0.05) is 30.3 Å².